The third-order valence-corrected chi connectivity index (χ3v) is 6.13. The molecule has 0 spiro atoms. The maximum absolute atomic E-state index is 13.1. The maximum atomic E-state index is 13.1. The number of ether oxygens (including phenoxy) is 1. The fourth-order valence-electron chi connectivity index (χ4n) is 4.47. The first-order chi connectivity index (χ1) is 13.7. The van der Waals surface area contributed by atoms with Crippen molar-refractivity contribution in [2.45, 2.75) is 44.7 Å². The van der Waals surface area contributed by atoms with Gasteiger partial charge < -0.3 is 9.64 Å². The number of hydrogen-bond acceptors (Lipinski definition) is 4. The molecule has 4 rings (SSSR count). The minimum absolute atomic E-state index is 0.152. The first-order valence-corrected chi connectivity index (χ1v) is 10.3. The lowest BCUT2D eigenvalue weighted by molar-refractivity contribution is 0.0696. The molecule has 0 bridgehead atoms. The summed E-state index contributed by atoms with van der Waals surface area (Å²) in [6.07, 6.45) is 4.77. The largest absolute Gasteiger partial charge is 0.481 e. The number of carbonyl (C=O) groups is 1. The monoisotopic (exact) mass is 379 g/mol. The van der Waals surface area contributed by atoms with Gasteiger partial charge in [0.05, 0.1) is 12.8 Å². The summed E-state index contributed by atoms with van der Waals surface area (Å²) < 4.78 is 5.20. The van der Waals surface area contributed by atoms with Gasteiger partial charge in [-0.3, -0.25) is 9.69 Å². The van der Waals surface area contributed by atoms with E-state index in [1.165, 1.54) is 19.4 Å². The second kappa shape index (κ2) is 8.31. The summed E-state index contributed by atoms with van der Waals surface area (Å²) in [6, 6.07) is 14.5. The van der Waals surface area contributed by atoms with Gasteiger partial charge in [-0.1, -0.05) is 18.2 Å². The van der Waals surface area contributed by atoms with Crippen molar-refractivity contribution in [2.24, 2.45) is 0 Å². The molecule has 0 N–H and O–H groups in total. The first-order valence-electron chi connectivity index (χ1n) is 10.3. The van der Waals surface area contributed by atoms with E-state index in [1.807, 2.05) is 42.5 Å². The lowest BCUT2D eigenvalue weighted by Crippen LogP contribution is -2.44. The molecule has 0 saturated carbocycles. The van der Waals surface area contributed by atoms with Crippen LogP contribution in [0.2, 0.25) is 0 Å². The van der Waals surface area contributed by atoms with Crippen molar-refractivity contribution < 1.29 is 9.53 Å². The van der Waals surface area contributed by atoms with Crippen molar-refractivity contribution in [3.8, 4) is 17.1 Å². The highest BCUT2D eigenvalue weighted by Gasteiger charge is 2.32. The molecule has 5 heteroatoms. The SMILES string of the molecule is COc1cccc(-c2ccc(C(=O)N3CCCC3CN3CCC[C@@H]3C)cc2)n1. The molecule has 1 amide bonds. The molecule has 1 aromatic carbocycles. The Balaban J connectivity index is 1.46. The van der Waals surface area contributed by atoms with Crippen molar-refractivity contribution in [2.75, 3.05) is 26.7 Å². The summed E-state index contributed by atoms with van der Waals surface area (Å²) in [6.45, 7) is 5.35. The number of pyridine rings is 1. The van der Waals surface area contributed by atoms with Crippen molar-refractivity contribution in [3.63, 3.8) is 0 Å². The summed E-state index contributed by atoms with van der Waals surface area (Å²) in [5.41, 5.74) is 2.59. The molecule has 2 fully saturated rings. The van der Waals surface area contributed by atoms with Crippen LogP contribution in [0.3, 0.4) is 0 Å². The van der Waals surface area contributed by atoms with Gasteiger partial charge in [0.25, 0.3) is 5.91 Å². The molecule has 28 heavy (non-hydrogen) atoms. The van der Waals surface area contributed by atoms with Crippen molar-refractivity contribution in [1.82, 2.24) is 14.8 Å². The summed E-state index contributed by atoms with van der Waals surface area (Å²) in [7, 11) is 1.61. The van der Waals surface area contributed by atoms with E-state index in [0.29, 0.717) is 18.0 Å². The Kier molecular flexibility index (Phi) is 5.62. The highest BCUT2D eigenvalue weighted by molar-refractivity contribution is 5.95. The van der Waals surface area contributed by atoms with E-state index in [4.69, 9.17) is 4.74 Å². The van der Waals surface area contributed by atoms with Gasteiger partial charge >= 0.3 is 0 Å². The highest BCUT2D eigenvalue weighted by atomic mass is 16.5. The number of aromatic nitrogens is 1. The molecular formula is C23H29N3O2. The number of methoxy groups -OCH3 is 1. The third kappa shape index (κ3) is 3.90. The predicted octanol–water partition coefficient (Wildman–Crippen LogP) is 3.85. The standard InChI is InChI=1S/C23H29N3O2/c1-17-6-4-14-25(17)16-20-7-5-15-26(20)23(27)19-12-10-18(11-13-19)21-8-3-9-22(24-21)28-2/h3,8-13,17,20H,4-7,14-16H2,1-2H3/t17-,20?/m0/s1. The van der Waals surface area contributed by atoms with E-state index in [0.717, 1.165) is 42.8 Å². The summed E-state index contributed by atoms with van der Waals surface area (Å²) in [4.78, 5) is 22.2. The van der Waals surface area contributed by atoms with Crippen LogP contribution in [-0.4, -0.2) is 59.5 Å². The zero-order valence-corrected chi connectivity index (χ0v) is 16.8. The number of amides is 1. The van der Waals surface area contributed by atoms with Crippen LogP contribution >= 0.6 is 0 Å². The van der Waals surface area contributed by atoms with Crippen molar-refractivity contribution in [3.05, 3.63) is 48.0 Å². The van der Waals surface area contributed by atoms with Crippen LogP contribution in [0.1, 0.15) is 43.0 Å². The second-order valence-electron chi connectivity index (χ2n) is 7.92. The molecule has 2 aliphatic heterocycles. The van der Waals surface area contributed by atoms with Gasteiger partial charge in [-0.15, -0.1) is 0 Å². The van der Waals surface area contributed by atoms with Gasteiger partial charge in [0.2, 0.25) is 5.88 Å². The number of benzene rings is 1. The zero-order valence-electron chi connectivity index (χ0n) is 16.8. The molecule has 2 aromatic rings. The molecular weight excluding hydrogens is 350 g/mol. The third-order valence-electron chi connectivity index (χ3n) is 6.13. The van der Waals surface area contributed by atoms with Gasteiger partial charge in [0.1, 0.15) is 0 Å². The van der Waals surface area contributed by atoms with Crippen LogP contribution in [0.25, 0.3) is 11.3 Å². The van der Waals surface area contributed by atoms with Crippen LogP contribution in [0.5, 0.6) is 5.88 Å². The molecule has 5 nitrogen and oxygen atoms in total. The van der Waals surface area contributed by atoms with E-state index >= 15 is 0 Å². The fraction of sp³-hybridized carbons (Fsp3) is 0.478. The molecule has 148 valence electrons. The van der Waals surface area contributed by atoms with Gasteiger partial charge in [-0.05, 0) is 57.4 Å². The van der Waals surface area contributed by atoms with E-state index in [-0.39, 0.29) is 5.91 Å². The van der Waals surface area contributed by atoms with Crippen LogP contribution in [0, 0.1) is 0 Å². The molecule has 3 heterocycles. The molecule has 2 atom stereocenters. The molecule has 0 aliphatic carbocycles. The fourth-order valence-corrected chi connectivity index (χ4v) is 4.47. The minimum atomic E-state index is 0.152. The van der Waals surface area contributed by atoms with E-state index in [1.54, 1.807) is 7.11 Å². The number of hydrogen-bond donors (Lipinski definition) is 0. The Labute approximate surface area is 167 Å². The van der Waals surface area contributed by atoms with E-state index < -0.39 is 0 Å². The number of nitrogens with zero attached hydrogens (tertiary/aromatic N) is 3. The first kappa shape index (κ1) is 18.9. The summed E-state index contributed by atoms with van der Waals surface area (Å²) in [5, 5.41) is 0. The lowest BCUT2D eigenvalue weighted by atomic mass is 10.1. The molecule has 0 radical (unpaired) electrons. The number of rotatable bonds is 5. The van der Waals surface area contributed by atoms with Gasteiger partial charge in [0, 0.05) is 42.4 Å². The predicted molar refractivity (Wildman–Crippen MR) is 111 cm³/mol. The van der Waals surface area contributed by atoms with Gasteiger partial charge in [0.15, 0.2) is 0 Å². The molecule has 2 saturated heterocycles. The van der Waals surface area contributed by atoms with E-state index in [2.05, 4.69) is 21.7 Å². The second-order valence-corrected chi connectivity index (χ2v) is 7.92. The van der Waals surface area contributed by atoms with Crippen LogP contribution in [0.15, 0.2) is 42.5 Å². The Morgan fingerprint density at radius 1 is 1.11 bits per heavy atom. The van der Waals surface area contributed by atoms with E-state index in [9.17, 15) is 4.79 Å². The summed E-state index contributed by atoms with van der Waals surface area (Å²) in [5.74, 6) is 0.744. The average Bonchev–Trinajstić information content (AvgIpc) is 3.37. The average molecular weight is 380 g/mol. The minimum Gasteiger partial charge on any atom is -0.481 e. The Morgan fingerprint density at radius 2 is 1.89 bits per heavy atom. The molecule has 1 unspecified atom stereocenters. The zero-order chi connectivity index (χ0) is 19.5. The summed E-state index contributed by atoms with van der Waals surface area (Å²) >= 11 is 0. The Hall–Kier alpha value is -2.40. The number of carbonyl (C=O) groups excluding carboxylic acids is 1. The smallest absolute Gasteiger partial charge is 0.254 e. The van der Waals surface area contributed by atoms with Crippen LogP contribution < -0.4 is 4.74 Å². The van der Waals surface area contributed by atoms with Crippen LogP contribution in [0.4, 0.5) is 0 Å². The lowest BCUT2D eigenvalue weighted by Gasteiger charge is -2.30. The quantitative estimate of drug-likeness (QED) is 0.792. The molecule has 2 aliphatic rings. The van der Waals surface area contributed by atoms with Crippen LogP contribution in [-0.2, 0) is 0 Å². The van der Waals surface area contributed by atoms with Crippen molar-refractivity contribution >= 4 is 5.91 Å². The Bertz CT molecular complexity index is 821. The van der Waals surface area contributed by atoms with Gasteiger partial charge in [-0.25, -0.2) is 4.98 Å². The topological polar surface area (TPSA) is 45.7 Å². The van der Waals surface area contributed by atoms with Crippen molar-refractivity contribution in [1.29, 1.82) is 0 Å². The normalized spacial score (nSPS) is 22.6. The molecule has 1 aromatic heterocycles. The Morgan fingerprint density at radius 3 is 2.61 bits per heavy atom. The highest BCUT2D eigenvalue weighted by Crippen LogP contribution is 2.26. The number of likely N-dealkylation sites (tertiary alicyclic amines) is 2. The maximum Gasteiger partial charge on any atom is 0.254 e. The van der Waals surface area contributed by atoms with Gasteiger partial charge in [-0.2, -0.15) is 0 Å².